The van der Waals surface area contributed by atoms with E-state index in [9.17, 15) is 9.90 Å². The normalized spacial score (nSPS) is 34.2. The van der Waals surface area contributed by atoms with Crippen molar-refractivity contribution >= 4 is 5.97 Å². The van der Waals surface area contributed by atoms with Gasteiger partial charge in [-0.15, -0.1) is 0 Å². The van der Waals surface area contributed by atoms with Crippen LogP contribution in [0.25, 0.3) is 0 Å². The highest BCUT2D eigenvalue weighted by Gasteiger charge is 2.53. The van der Waals surface area contributed by atoms with Crippen LogP contribution in [0.1, 0.15) is 36.0 Å². The fourth-order valence-electron chi connectivity index (χ4n) is 3.29. The smallest absolute Gasteiger partial charge is 0.338 e. The van der Waals surface area contributed by atoms with Gasteiger partial charge < -0.3 is 9.84 Å². The van der Waals surface area contributed by atoms with Crippen molar-refractivity contribution in [1.82, 2.24) is 4.90 Å². The summed E-state index contributed by atoms with van der Waals surface area (Å²) in [5.74, 6) is -0.349. The van der Waals surface area contributed by atoms with Gasteiger partial charge in [-0.05, 0) is 44.9 Å². The second-order valence-corrected chi connectivity index (χ2v) is 5.52. The quantitative estimate of drug-likeness (QED) is 0.825. The van der Waals surface area contributed by atoms with E-state index in [1.54, 1.807) is 12.1 Å². The molecule has 3 rings (SSSR count). The number of fused-ring (bicyclic) bond motifs is 2. The Bertz CT molecular complexity index is 476. The van der Waals surface area contributed by atoms with Gasteiger partial charge in [0.25, 0.3) is 0 Å². The molecule has 2 fully saturated rings. The summed E-state index contributed by atoms with van der Waals surface area (Å²) in [5.41, 5.74) is -0.443. The van der Waals surface area contributed by atoms with Crippen molar-refractivity contribution in [2.24, 2.45) is 0 Å². The molecule has 1 aromatic carbocycles. The molecule has 19 heavy (non-hydrogen) atoms. The summed E-state index contributed by atoms with van der Waals surface area (Å²) in [6, 6.07) is 9.37. The lowest BCUT2D eigenvalue weighted by Crippen LogP contribution is -2.57. The lowest BCUT2D eigenvalue weighted by molar-refractivity contribution is -0.179. The van der Waals surface area contributed by atoms with E-state index in [2.05, 4.69) is 0 Å². The molecule has 2 saturated heterocycles. The predicted molar refractivity (Wildman–Crippen MR) is 70.6 cm³/mol. The first-order valence-electron chi connectivity index (χ1n) is 6.82. The SMILES string of the molecule is CN1C2CCC(OC(=O)c3ccccc3)C1(O)CC2. The molecule has 4 heteroatoms. The molecule has 0 amide bonds. The van der Waals surface area contributed by atoms with Gasteiger partial charge in [0.05, 0.1) is 5.56 Å². The number of ether oxygens (including phenoxy) is 1. The van der Waals surface area contributed by atoms with E-state index in [1.807, 2.05) is 30.1 Å². The van der Waals surface area contributed by atoms with Crippen LogP contribution in [0.2, 0.25) is 0 Å². The molecule has 3 unspecified atom stereocenters. The Labute approximate surface area is 113 Å². The lowest BCUT2D eigenvalue weighted by atomic mass is 9.97. The number of hydrogen-bond donors (Lipinski definition) is 1. The average molecular weight is 261 g/mol. The Morgan fingerprint density at radius 2 is 2.05 bits per heavy atom. The van der Waals surface area contributed by atoms with Crippen molar-refractivity contribution in [2.75, 3.05) is 7.05 Å². The maximum Gasteiger partial charge on any atom is 0.338 e. The number of carbonyl (C=O) groups excluding carboxylic acids is 1. The largest absolute Gasteiger partial charge is 0.454 e. The maximum atomic E-state index is 12.1. The van der Waals surface area contributed by atoms with Gasteiger partial charge in [-0.25, -0.2) is 4.79 Å². The number of benzene rings is 1. The second-order valence-electron chi connectivity index (χ2n) is 5.52. The summed E-state index contributed by atoms with van der Waals surface area (Å²) >= 11 is 0. The third-order valence-electron chi connectivity index (χ3n) is 4.54. The van der Waals surface area contributed by atoms with Crippen LogP contribution in [-0.2, 0) is 4.74 Å². The summed E-state index contributed by atoms with van der Waals surface area (Å²) in [7, 11) is 1.92. The summed E-state index contributed by atoms with van der Waals surface area (Å²) in [6.45, 7) is 0. The van der Waals surface area contributed by atoms with Gasteiger partial charge in [0.15, 0.2) is 5.72 Å². The van der Waals surface area contributed by atoms with Crippen molar-refractivity contribution in [3.05, 3.63) is 35.9 Å². The van der Waals surface area contributed by atoms with Crippen molar-refractivity contribution < 1.29 is 14.6 Å². The number of aliphatic hydroxyl groups is 1. The fourth-order valence-corrected chi connectivity index (χ4v) is 3.29. The van der Waals surface area contributed by atoms with Gasteiger partial charge in [-0.2, -0.15) is 0 Å². The third kappa shape index (κ3) is 2.05. The molecule has 102 valence electrons. The Hall–Kier alpha value is -1.39. The van der Waals surface area contributed by atoms with Gasteiger partial charge in [-0.3, -0.25) is 4.90 Å². The number of carbonyl (C=O) groups is 1. The van der Waals surface area contributed by atoms with E-state index in [0.717, 1.165) is 19.3 Å². The monoisotopic (exact) mass is 261 g/mol. The standard InChI is InChI=1S/C15H19NO3/c1-16-12-7-8-13(15(16,18)10-9-12)19-14(17)11-5-3-2-4-6-11/h2-6,12-13,18H,7-10H2,1H3. The minimum Gasteiger partial charge on any atom is -0.454 e. The molecule has 0 aromatic heterocycles. The minimum atomic E-state index is -0.979. The Morgan fingerprint density at radius 3 is 2.79 bits per heavy atom. The molecule has 2 aliphatic rings. The second kappa shape index (κ2) is 4.62. The number of esters is 1. The van der Waals surface area contributed by atoms with Crippen LogP contribution < -0.4 is 0 Å². The predicted octanol–water partition coefficient (Wildman–Crippen LogP) is 1.79. The molecule has 4 nitrogen and oxygen atoms in total. The number of rotatable bonds is 2. The van der Waals surface area contributed by atoms with E-state index in [4.69, 9.17) is 4.74 Å². The van der Waals surface area contributed by atoms with Gasteiger partial charge in [0, 0.05) is 6.04 Å². The molecule has 0 spiro atoms. The van der Waals surface area contributed by atoms with Crippen LogP contribution in [0.4, 0.5) is 0 Å². The first-order chi connectivity index (χ1) is 9.11. The summed E-state index contributed by atoms with van der Waals surface area (Å²) in [4.78, 5) is 14.1. The molecular formula is C15H19NO3. The van der Waals surface area contributed by atoms with E-state index in [1.165, 1.54) is 0 Å². The minimum absolute atomic E-state index is 0.349. The van der Waals surface area contributed by atoms with Crippen LogP contribution in [0.5, 0.6) is 0 Å². The van der Waals surface area contributed by atoms with Crippen molar-refractivity contribution in [3.8, 4) is 0 Å². The number of nitrogens with zero attached hydrogens (tertiary/aromatic N) is 1. The average Bonchev–Trinajstić information content (AvgIpc) is 2.62. The van der Waals surface area contributed by atoms with E-state index < -0.39 is 11.8 Å². The molecule has 2 bridgehead atoms. The lowest BCUT2D eigenvalue weighted by Gasteiger charge is -2.43. The molecule has 1 N–H and O–H groups in total. The summed E-state index contributed by atoms with van der Waals surface area (Å²) in [5, 5.41) is 10.7. The van der Waals surface area contributed by atoms with Gasteiger partial charge in [0.2, 0.25) is 0 Å². The van der Waals surface area contributed by atoms with Crippen LogP contribution in [0.3, 0.4) is 0 Å². The highest BCUT2D eigenvalue weighted by molar-refractivity contribution is 5.89. The molecular weight excluding hydrogens is 242 g/mol. The number of piperidine rings is 1. The first-order valence-corrected chi connectivity index (χ1v) is 6.82. The zero-order valence-corrected chi connectivity index (χ0v) is 11.1. The first kappa shape index (κ1) is 12.6. The number of hydrogen-bond acceptors (Lipinski definition) is 4. The zero-order chi connectivity index (χ0) is 13.5. The molecule has 3 atom stereocenters. The molecule has 0 aliphatic carbocycles. The number of likely N-dealkylation sites (N-methyl/N-ethyl adjacent to an activating group) is 1. The van der Waals surface area contributed by atoms with E-state index in [-0.39, 0.29) is 5.97 Å². The zero-order valence-electron chi connectivity index (χ0n) is 11.1. The fraction of sp³-hybridized carbons (Fsp3) is 0.533. The third-order valence-corrected chi connectivity index (χ3v) is 4.54. The Kier molecular flexibility index (Phi) is 3.07. The topological polar surface area (TPSA) is 49.8 Å². The van der Waals surface area contributed by atoms with Crippen LogP contribution in [-0.4, -0.2) is 40.9 Å². The highest BCUT2D eigenvalue weighted by atomic mass is 16.6. The van der Waals surface area contributed by atoms with Gasteiger partial charge in [0.1, 0.15) is 6.10 Å². The van der Waals surface area contributed by atoms with Crippen LogP contribution >= 0.6 is 0 Å². The molecule has 0 saturated carbocycles. The molecule has 2 aliphatic heterocycles. The van der Waals surface area contributed by atoms with Gasteiger partial charge >= 0.3 is 5.97 Å². The van der Waals surface area contributed by atoms with E-state index >= 15 is 0 Å². The Balaban J connectivity index is 1.75. The molecule has 0 radical (unpaired) electrons. The maximum absolute atomic E-state index is 12.1. The molecule has 1 aromatic rings. The Morgan fingerprint density at radius 1 is 1.32 bits per heavy atom. The van der Waals surface area contributed by atoms with E-state index in [0.29, 0.717) is 18.0 Å². The van der Waals surface area contributed by atoms with Gasteiger partial charge in [-0.1, -0.05) is 18.2 Å². The summed E-state index contributed by atoms with van der Waals surface area (Å²) in [6.07, 6.45) is 2.95. The molecule has 2 heterocycles. The van der Waals surface area contributed by atoms with Crippen molar-refractivity contribution in [2.45, 2.75) is 43.6 Å². The van der Waals surface area contributed by atoms with Crippen LogP contribution in [0, 0.1) is 0 Å². The van der Waals surface area contributed by atoms with Crippen LogP contribution in [0.15, 0.2) is 30.3 Å². The van der Waals surface area contributed by atoms with Crippen molar-refractivity contribution in [1.29, 1.82) is 0 Å². The van der Waals surface area contributed by atoms with Crippen molar-refractivity contribution in [3.63, 3.8) is 0 Å². The highest BCUT2D eigenvalue weighted by Crippen LogP contribution is 2.42. The summed E-state index contributed by atoms with van der Waals surface area (Å²) < 4.78 is 5.55.